The Morgan fingerprint density at radius 1 is 1.46 bits per heavy atom. The molecule has 0 aliphatic heterocycles. The van der Waals surface area contributed by atoms with Gasteiger partial charge in [0.2, 0.25) is 0 Å². The number of alkyl halides is 3. The summed E-state index contributed by atoms with van der Waals surface area (Å²) in [6, 6.07) is -0.510. The molecule has 1 atom stereocenters. The van der Waals surface area contributed by atoms with Crippen LogP contribution >= 0.6 is 0 Å². The molecule has 0 spiro atoms. The highest BCUT2D eigenvalue weighted by Crippen LogP contribution is 2.14. The molecule has 3 nitrogen and oxygen atoms in total. The number of nitrogens with one attached hydrogen (secondary N) is 1. The minimum atomic E-state index is -4.79. The fraction of sp³-hybridized carbons (Fsp3) is 0.857. The molecule has 0 heterocycles. The predicted molar refractivity (Wildman–Crippen MR) is 42.2 cm³/mol. The molecule has 0 aromatic heterocycles. The van der Waals surface area contributed by atoms with Gasteiger partial charge in [0.15, 0.2) is 0 Å². The van der Waals surface area contributed by atoms with Crippen LogP contribution < -0.4 is 5.32 Å². The molecule has 1 unspecified atom stereocenters. The lowest BCUT2D eigenvalue weighted by Gasteiger charge is -2.18. The first-order valence-electron chi connectivity index (χ1n) is 3.76. The molecule has 78 valence electrons. The zero-order valence-electron chi connectivity index (χ0n) is 7.77. The van der Waals surface area contributed by atoms with Crippen molar-refractivity contribution in [2.45, 2.75) is 19.1 Å². The Balaban J connectivity index is 3.93. The van der Waals surface area contributed by atoms with E-state index in [2.05, 4.69) is 0 Å². The van der Waals surface area contributed by atoms with Gasteiger partial charge in [0.25, 0.3) is 0 Å². The molecule has 0 rings (SSSR count). The van der Waals surface area contributed by atoms with Gasteiger partial charge in [-0.1, -0.05) is 0 Å². The van der Waals surface area contributed by atoms with Crippen molar-refractivity contribution in [3.05, 3.63) is 0 Å². The van der Waals surface area contributed by atoms with E-state index in [-0.39, 0.29) is 0 Å². The third-order valence-electron chi connectivity index (χ3n) is 1.27. The van der Waals surface area contributed by atoms with Gasteiger partial charge in [-0.05, 0) is 21.0 Å². The topological polar surface area (TPSA) is 32.3 Å². The maximum Gasteiger partial charge on any atom is 0.471 e. The van der Waals surface area contributed by atoms with Crippen molar-refractivity contribution in [1.82, 2.24) is 10.2 Å². The van der Waals surface area contributed by atoms with E-state index in [9.17, 15) is 18.0 Å². The monoisotopic (exact) mass is 198 g/mol. The smallest absolute Gasteiger partial charge is 0.345 e. The number of hydrogen-bond donors (Lipinski definition) is 1. The van der Waals surface area contributed by atoms with Gasteiger partial charge in [-0.15, -0.1) is 0 Å². The van der Waals surface area contributed by atoms with Gasteiger partial charge in [-0.25, -0.2) is 0 Å². The fourth-order valence-corrected chi connectivity index (χ4v) is 0.899. The number of hydrogen-bond acceptors (Lipinski definition) is 2. The molecule has 0 saturated heterocycles. The second-order valence-corrected chi connectivity index (χ2v) is 3.13. The Morgan fingerprint density at radius 2 is 1.92 bits per heavy atom. The first-order chi connectivity index (χ1) is 5.73. The van der Waals surface area contributed by atoms with E-state index in [1.165, 1.54) is 6.92 Å². The molecule has 1 amide bonds. The fourth-order valence-electron chi connectivity index (χ4n) is 0.899. The lowest BCUT2D eigenvalue weighted by Crippen LogP contribution is -2.45. The Kier molecular flexibility index (Phi) is 4.19. The molecule has 0 radical (unpaired) electrons. The van der Waals surface area contributed by atoms with Crippen molar-refractivity contribution in [1.29, 1.82) is 0 Å². The molecule has 0 aromatic carbocycles. The third kappa shape index (κ3) is 5.46. The highest BCUT2D eigenvalue weighted by Gasteiger charge is 2.39. The summed E-state index contributed by atoms with van der Waals surface area (Å²) in [6.07, 6.45) is -4.79. The largest absolute Gasteiger partial charge is 0.471 e. The molecule has 0 aliphatic carbocycles. The van der Waals surface area contributed by atoms with Gasteiger partial charge in [-0.2, -0.15) is 13.2 Å². The summed E-state index contributed by atoms with van der Waals surface area (Å²) in [5.74, 6) is -1.89. The summed E-state index contributed by atoms with van der Waals surface area (Å²) in [5.41, 5.74) is 0. The van der Waals surface area contributed by atoms with Gasteiger partial charge in [0.05, 0.1) is 0 Å². The summed E-state index contributed by atoms with van der Waals surface area (Å²) in [5, 5.41) is 1.85. The van der Waals surface area contributed by atoms with Gasteiger partial charge >= 0.3 is 12.1 Å². The number of halogens is 3. The third-order valence-corrected chi connectivity index (χ3v) is 1.27. The number of rotatable bonds is 3. The standard InChI is InChI=1S/C7H13F3N2O/c1-5(4-12(2)3)11-6(13)7(8,9)10/h5H,4H2,1-3H3,(H,11,13). The molecule has 6 heteroatoms. The second-order valence-electron chi connectivity index (χ2n) is 3.13. The van der Waals surface area contributed by atoms with E-state index in [0.29, 0.717) is 6.54 Å². The zero-order chi connectivity index (χ0) is 10.6. The van der Waals surface area contributed by atoms with Crippen LogP contribution in [-0.2, 0) is 4.79 Å². The molecular formula is C7H13F3N2O. The van der Waals surface area contributed by atoms with Crippen LogP contribution in [0.1, 0.15) is 6.92 Å². The summed E-state index contributed by atoms with van der Waals surface area (Å²) < 4.78 is 35.2. The first kappa shape index (κ1) is 12.2. The van der Waals surface area contributed by atoms with Crippen LogP contribution in [0.3, 0.4) is 0 Å². The number of nitrogens with zero attached hydrogens (tertiary/aromatic N) is 1. The van der Waals surface area contributed by atoms with Crippen LogP contribution in [0.15, 0.2) is 0 Å². The van der Waals surface area contributed by atoms with Gasteiger partial charge in [-0.3, -0.25) is 4.79 Å². The van der Waals surface area contributed by atoms with Gasteiger partial charge in [0, 0.05) is 12.6 Å². The lowest BCUT2D eigenvalue weighted by molar-refractivity contribution is -0.174. The summed E-state index contributed by atoms with van der Waals surface area (Å²) in [7, 11) is 3.44. The second kappa shape index (κ2) is 4.45. The minimum Gasteiger partial charge on any atom is -0.345 e. The van der Waals surface area contributed by atoms with Crippen LogP contribution in [0.2, 0.25) is 0 Å². The Labute approximate surface area is 74.9 Å². The van der Waals surface area contributed by atoms with Crippen LogP contribution in [0.25, 0.3) is 0 Å². The van der Waals surface area contributed by atoms with Crippen molar-refractivity contribution >= 4 is 5.91 Å². The molecule has 13 heavy (non-hydrogen) atoms. The normalized spacial score (nSPS) is 14.4. The summed E-state index contributed by atoms with van der Waals surface area (Å²) in [6.45, 7) is 1.89. The SMILES string of the molecule is CC(CN(C)C)NC(=O)C(F)(F)F. The molecular weight excluding hydrogens is 185 g/mol. The predicted octanol–water partition coefficient (Wildman–Crippen LogP) is 0.615. The van der Waals surface area contributed by atoms with Crippen molar-refractivity contribution in [2.24, 2.45) is 0 Å². The van der Waals surface area contributed by atoms with E-state index < -0.39 is 18.1 Å². The first-order valence-corrected chi connectivity index (χ1v) is 3.76. The molecule has 0 saturated carbocycles. The quantitative estimate of drug-likeness (QED) is 0.720. The highest BCUT2D eigenvalue weighted by molar-refractivity contribution is 5.81. The molecule has 0 bridgehead atoms. The Hall–Kier alpha value is -0.780. The number of carbonyl (C=O) groups is 1. The van der Waals surface area contributed by atoms with E-state index in [1.807, 2.05) is 5.32 Å². The molecule has 1 N–H and O–H groups in total. The van der Waals surface area contributed by atoms with Crippen LogP contribution in [0, 0.1) is 0 Å². The van der Waals surface area contributed by atoms with E-state index in [1.54, 1.807) is 19.0 Å². The van der Waals surface area contributed by atoms with Crippen molar-refractivity contribution in [3.63, 3.8) is 0 Å². The Morgan fingerprint density at radius 3 is 2.23 bits per heavy atom. The molecule has 0 aromatic rings. The number of likely N-dealkylation sites (N-methyl/N-ethyl adjacent to an activating group) is 1. The van der Waals surface area contributed by atoms with E-state index in [0.717, 1.165) is 0 Å². The minimum absolute atomic E-state index is 0.377. The zero-order valence-corrected chi connectivity index (χ0v) is 7.77. The molecule has 0 fully saturated rings. The van der Waals surface area contributed by atoms with Crippen molar-refractivity contribution in [2.75, 3.05) is 20.6 Å². The average Bonchev–Trinajstić information content (AvgIpc) is 1.82. The summed E-state index contributed by atoms with van der Waals surface area (Å²) >= 11 is 0. The highest BCUT2D eigenvalue weighted by atomic mass is 19.4. The van der Waals surface area contributed by atoms with Crippen LogP contribution in [0.4, 0.5) is 13.2 Å². The van der Waals surface area contributed by atoms with Crippen molar-refractivity contribution in [3.8, 4) is 0 Å². The molecule has 0 aliphatic rings. The van der Waals surface area contributed by atoms with Gasteiger partial charge < -0.3 is 10.2 Å². The Bertz CT molecular complexity index is 179. The number of amides is 1. The number of carbonyl (C=O) groups excluding carboxylic acids is 1. The van der Waals surface area contributed by atoms with E-state index in [4.69, 9.17) is 0 Å². The van der Waals surface area contributed by atoms with Gasteiger partial charge in [0.1, 0.15) is 0 Å². The van der Waals surface area contributed by atoms with Crippen molar-refractivity contribution < 1.29 is 18.0 Å². The van der Waals surface area contributed by atoms with E-state index >= 15 is 0 Å². The lowest BCUT2D eigenvalue weighted by atomic mass is 10.3. The van der Waals surface area contributed by atoms with Crippen LogP contribution in [0.5, 0.6) is 0 Å². The van der Waals surface area contributed by atoms with Crippen LogP contribution in [-0.4, -0.2) is 43.7 Å². The average molecular weight is 198 g/mol. The maximum absolute atomic E-state index is 11.7. The maximum atomic E-state index is 11.7. The summed E-state index contributed by atoms with van der Waals surface area (Å²) in [4.78, 5) is 12.1.